The number of sulfonamides is 1. The second-order valence-corrected chi connectivity index (χ2v) is 7.61. The Morgan fingerprint density at radius 2 is 1.76 bits per heavy atom. The second-order valence-electron chi connectivity index (χ2n) is 5.90. The number of benzene rings is 1. The first-order chi connectivity index (χ1) is 10.1. The van der Waals surface area contributed by atoms with Gasteiger partial charge in [0.25, 0.3) is 0 Å². The summed E-state index contributed by atoms with van der Waals surface area (Å²) in [7, 11) is -3.33. The van der Waals surface area contributed by atoms with Crippen molar-refractivity contribution in [1.29, 1.82) is 0 Å². The third-order valence-corrected chi connectivity index (χ3v) is 5.56. The molecule has 0 radical (unpaired) electrons. The van der Waals surface area contributed by atoms with E-state index in [0.717, 1.165) is 31.6 Å². The molecule has 5 nitrogen and oxygen atoms in total. The molecule has 0 aromatic heterocycles. The van der Waals surface area contributed by atoms with Crippen LogP contribution in [0.5, 0.6) is 0 Å². The van der Waals surface area contributed by atoms with Gasteiger partial charge in [0.15, 0.2) is 0 Å². The van der Waals surface area contributed by atoms with Crippen molar-refractivity contribution in [3.63, 3.8) is 0 Å². The first-order valence-electron chi connectivity index (χ1n) is 7.72. The van der Waals surface area contributed by atoms with Crippen LogP contribution in [0.15, 0.2) is 29.2 Å². The molecule has 1 aliphatic carbocycles. The van der Waals surface area contributed by atoms with E-state index >= 15 is 0 Å². The molecule has 2 N–H and O–H groups in total. The van der Waals surface area contributed by atoms with Crippen molar-refractivity contribution in [2.75, 3.05) is 31.5 Å². The van der Waals surface area contributed by atoms with Gasteiger partial charge in [0, 0.05) is 24.8 Å². The molecule has 0 atom stereocenters. The topological polar surface area (TPSA) is 61.4 Å². The second kappa shape index (κ2) is 6.34. The Labute approximate surface area is 126 Å². The average molecular weight is 309 g/mol. The lowest BCUT2D eigenvalue weighted by Crippen LogP contribution is -2.26. The standard InChI is InChI=1S/C15H23N3O2S/c19-21(20,17-14-3-4-14)15-7-5-13(6-8-15)16-9-12-18-10-1-2-11-18/h5-8,14,16-17H,1-4,9-12H2. The lowest BCUT2D eigenvalue weighted by Gasteiger charge is -2.15. The van der Waals surface area contributed by atoms with Crippen LogP contribution in [0.2, 0.25) is 0 Å². The monoisotopic (exact) mass is 309 g/mol. The molecule has 1 saturated carbocycles. The van der Waals surface area contributed by atoms with Crippen molar-refractivity contribution >= 4 is 15.7 Å². The van der Waals surface area contributed by atoms with Crippen molar-refractivity contribution in [2.45, 2.75) is 36.6 Å². The Bertz CT molecular complexity index is 561. The van der Waals surface area contributed by atoms with Gasteiger partial charge in [-0.05, 0) is 63.0 Å². The van der Waals surface area contributed by atoms with E-state index in [-0.39, 0.29) is 6.04 Å². The van der Waals surface area contributed by atoms with Crippen molar-refractivity contribution < 1.29 is 8.42 Å². The van der Waals surface area contributed by atoms with E-state index in [9.17, 15) is 8.42 Å². The van der Waals surface area contributed by atoms with Crippen LogP contribution in [0.25, 0.3) is 0 Å². The van der Waals surface area contributed by atoms with Crippen molar-refractivity contribution in [1.82, 2.24) is 9.62 Å². The minimum absolute atomic E-state index is 0.147. The van der Waals surface area contributed by atoms with Gasteiger partial charge >= 0.3 is 0 Å². The zero-order valence-corrected chi connectivity index (χ0v) is 13.0. The molecule has 0 unspecified atom stereocenters. The lowest BCUT2D eigenvalue weighted by atomic mass is 10.3. The van der Waals surface area contributed by atoms with Crippen LogP contribution in [0.4, 0.5) is 5.69 Å². The molecule has 1 saturated heterocycles. The molecule has 0 bridgehead atoms. The number of likely N-dealkylation sites (tertiary alicyclic amines) is 1. The highest BCUT2D eigenvalue weighted by atomic mass is 32.2. The van der Waals surface area contributed by atoms with Crippen LogP contribution in [0.1, 0.15) is 25.7 Å². The minimum atomic E-state index is -3.33. The number of nitrogens with zero attached hydrogens (tertiary/aromatic N) is 1. The molecule has 1 aliphatic heterocycles. The number of rotatable bonds is 7. The molecule has 2 fully saturated rings. The highest BCUT2D eigenvalue weighted by Gasteiger charge is 2.27. The summed E-state index contributed by atoms with van der Waals surface area (Å²) >= 11 is 0. The number of hydrogen-bond donors (Lipinski definition) is 2. The van der Waals surface area contributed by atoms with Gasteiger partial charge in [0.1, 0.15) is 0 Å². The Balaban J connectivity index is 1.51. The SMILES string of the molecule is O=S(=O)(NC1CC1)c1ccc(NCCN2CCCC2)cc1. The molecule has 1 heterocycles. The molecule has 2 aliphatic rings. The van der Waals surface area contributed by atoms with Gasteiger partial charge in [-0.2, -0.15) is 0 Å². The predicted molar refractivity (Wildman–Crippen MR) is 83.9 cm³/mol. The van der Waals surface area contributed by atoms with E-state index in [1.165, 1.54) is 25.9 Å². The molecule has 0 spiro atoms. The van der Waals surface area contributed by atoms with E-state index in [0.29, 0.717) is 4.90 Å². The summed E-state index contributed by atoms with van der Waals surface area (Å²) in [4.78, 5) is 2.80. The Hall–Kier alpha value is -1.11. The van der Waals surface area contributed by atoms with Gasteiger partial charge in [-0.3, -0.25) is 0 Å². The predicted octanol–water partition coefficient (Wildman–Crippen LogP) is 1.63. The van der Waals surface area contributed by atoms with E-state index in [1.54, 1.807) is 12.1 Å². The number of hydrogen-bond acceptors (Lipinski definition) is 4. The molecular weight excluding hydrogens is 286 g/mol. The van der Waals surface area contributed by atoms with Crippen molar-refractivity contribution in [3.8, 4) is 0 Å². The lowest BCUT2D eigenvalue weighted by molar-refractivity contribution is 0.352. The van der Waals surface area contributed by atoms with Gasteiger partial charge in [-0.25, -0.2) is 13.1 Å². The maximum absolute atomic E-state index is 12.0. The van der Waals surface area contributed by atoms with Gasteiger partial charge in [0.05, 0.1) is 4.90 Å². The minimum Gasteiger partial charge on any atom is -0.384 e. The number of nitrogens with one attached hydrogen (secondary N) is 2. The van der Waals surface area contributed by atoms with Gasteiger partial charge in [0.2, 0.25) is 10.0 Å². The van der Waals surface area contributed by atoms with E-state index in [1.807, 2.05) is 12.1 Å². The first-order valence-corrected chi connectivity index (χ1v) is 9.20. The maximum atomic E-state index is 12.0. The summed E-state index contributed by atoms with van der Waals surface area (Å²) in [5, 5.41) is 3.35. The Kier molecular flexibility index (Phi) is 4.47. The van der Waals surface area contributed by atoms with Crippen LogP contribution >= 0.6 is 0 Å². The van der Waals surface area contributed by atoms with Gasteiger partial charge < -0.3 is 10.2 Å². The Morgan fingerprint density at radius 1 is 1.10 bits per heavy atom. The smallest absolute Gasteiger partial charge is 0.240 e. The summed E-state index contributed by atoms with van der Waals surface area (Å²) in [6, 6.07) is 7.16. The van der Waals surface area contributed by atoms with E-state index in [2.05, 4.69) is 14.9 Å². The third-order valence-electron chi connectivity index (χ3n) is 4.02. The van der Waals surface area contributed by atoms with Crippen LogP contribution < -0.4 is 10.0 Å². The summed E-state index contributed by atoms with van der Waals surface area (Å²) in [5.41, 5.74) is 0.972. The largest absolute Gasteiger partial charge is 0.384 e. The summed E-state index contributed by atoms with van der Waals surface area (Å²) in [6.07, 6.45) is 4.52. The zero-order chi connectivity index (χ0) is 14.7. The van der Waals surface area contributed by atoms with Gasteiger partial charge in [-0.1, -0.05) is 0 Å². The molecule has 6 heteroatoms. The molecular formula is C15H23N3O2S. The fraction of sp³-hybridized carbons (Fsp3) is 0.600. The molecule has 0 amide bonds. The summed E-state index contributed by atoms with van der Waals surface area (Å²) in [6.45, 7) is 4.34. The van der Waals surface area contributed by atoms with E-state index < -0.39 is 10.0 Å². The van der Waals surface area contributed by atoms with Crippen LogP contribution in [-0.4, -0.2) is 45.5 Å². The van der Waals surface area contributed by atoms with Crippen LogP contribution in [-0.2, 0) is 10.0 Å². The van der Waals surface area contributed by atoms with Gasteiger partial charge in [-0.15, -0.1) is 0 Å². The normalized spacial score (nSPS) is 19.8. The Morgan fingerprint density at radius 3 is 2.38 bits per heavy atom. The van der Waals surface area contributed by atoms with Crippen LogP contribution in [0, 0.1) is 0 Å². The quantitative estimate of drug-likeness (QED) is 0.804. The molecule has 3 rings (SSSR count). The highest BCUT2D eigenvalue weighted by Crippen LogP contribution is 2.22. The summed E-state index contributed by atoms with van der Waals surface area (Å²) in [5.74, 6) is 0. The molecule has 1 aromatic carbocycles. The molecule has 1 aromatic rings. The molecule has 21 heavy (non-hydrogen) atoms. The van der Waals surface area contributed by atoms with Crippen molar-refractivity contribution in [2.24, 2.45) is 0 Å². The fourth-order valence-electron chi connectivity index (χ4n) is 2.61. The zero-order valence-electron chi connectivity index (χ0n) is 12.2. The highest BCUT2D eigenvalue weighted by molar-refractivity contribution is 7.89. The number of anilines is 1. The fourth-order valence-corrected chi connectivity index (χ4v) is 3.91. The third kappa shape index (κ3) is 4.18. The van der Waals surface area contributed by atoms with Crippen LogP contribution in [0.3, 0.4) is 0 Å². The van der Waals surface area contributed by atoms with Crippen molar-refractivity contribution in [3.05, 3.63) is 24.3 Å². The summed E-state index contributed by atoms with van der Waals surface area (Å²) < 4.78 is 26.8. The van der Waals surface area contributed by atoms with E-state index in [4.69, 9.17) is 0 Å². The average Bonchev–Trinajstić information content (AvgIpc) is 3.11. The molecule has 116 valence electrons. The first kappa shape index (κ1) is 14.8. The maximum Gasteiger partial charge on any atom is 0.240 e.